The van der Waals surface area contributed by atoms with Gasteiger partial charge in [-0.05, 0) is 44.2 Å². The van der Waals surface area contributed by atoms with Crippen LogP contribution in [0.4, 0.5) is 5.69 Å². The molecule has 3 nitrogen and oxygen atoms in total. The van der Waals surface area contributed by atoms with Crippen molar-refractivity contribution in [3.63, 3.8) is 0 Å². The molecule has 3 heteroatoms. The van der Waals surface area contributed by atoms with Crippen molar-refractivity contribution in [3.8, 4) is 0 Å². The van der Waals surface area contributed by atoms with Crippen molar-refractivity contribution < 1.29 is 4.79 Å². The first-order valence-electron chi connectivity index (χ1n) is 6.73. The first-order chi connectivity index (χ1) is 9.61. The fourth-order valence-corrected chi connectivity index (χ4v) is 2.24. The molecule has 2 N–H and O–H groups in total. The zero-order chi connectivity index (χ0) is 14.5. The zero-order valence-electron chi connectivity index (χ0n) is 12.2. The topological polar surface area (TPSA) is 41.1 Å². The van der Waals surface area contributed by atoms with Gasteiger partial charge in [0.2, 0.25) is 0 Å². The highest BCUT2D eigenvalue weighted by atomic mass is 16.1. The van der Waals surface area contributed by atoms with Crippen LogP contribution in [0.3, 0.4) is 0 Å². The third-order valence-corrected chi connectivity index (χ3v) is 3.26. The Balaban J connectivity index is 2.23. The molecule has 0 heterocycles. The summed E-state index contributed by atoms with van der Waals surface area (Å²) in [6, 6.07) is 13.7. The fraction of sp³-hybridized carbons (Fsp3) is 0.235. The highest BCUT2D eigenvalue weighted by Gasteiger charge is 2.11. The molecule has 20 heavy (non-hydrogen) atoms. The molecule has 104 valence electrons. The Bertz CT molecular complexity index is 620. The standard InChI is InChI=1S/C17H20N2O/c1-12-8-9-15(13(2)10-12)17(20)19-16-7-5-4-6-14(16)11-18-3/h4-10,18H,11H2,1-3H3,(H,19,20). The average Bonchev–Trinajstić information content (AvgIpc) is 2.41. The zero-order valence-corrected chi connectivity index (χ0v) is 12.2. The van der Waals surface area contributed by atoms with E-state index in [2.05, 4.69) is 10.6 Å². The van der Waals surface area contributed by atoms with Crippen molar-refractivity contribution in [2.45, 2.75) is 20.4 Å². The summed E-state index contributed by atoms with van der Waals surface area (Å²) in [7, 11) is 1.89. The number of nitrogens with one attached hydrogen (secondary N) is 2. The van der Waals surface area contributed by atoms with Crippen molar-refractivity contribution in [1.82, 2.24) is 5.32 Å². The molecule has 0 spiro atoms. The molecule has 0 radical (unpaired) electrons. The number of anilines is 1. The summed E-state index contributed by atoms with van der Waals surface area (Å²) in [5.74, 6) is -0.0638. The second kappa shape index (κ2) is 6.35. The monoisotopic (exact) mass is 268 g/mol. The minimum absolute atomic E-state index is 0.0638. The second-order valence-electron chi connectivity index (χ2n) is 4.96. The Hall–Kier alpha value is -2.13. The number of para-hydroxylation sites is 1. The van der Waals surface area contributed by atoms with E-state index in [0.717, 1.165) is 34.5 Å². The van der Waals surface area contributed by atoms with Crippen LogP contribution in [0.1, 0.15) is 27.0 Å². The lowest BCUT2D eigenvalue weighted by molar-refractivity contribution is 0.102. The maximum absolute atomic E-state index is 12.4. The lowest BCUT2D eigenvalue weighted by Gasteiger charge is -2.12. The molecule has 0 fully saturated rings. The normalized spacial score (nSPS) is 10.3. The number of aryl methyl sites for hydroxylation is 2. The van der Waals surface area contributed by atoms with Crippen LogP contribution in [-0.4, -0.2) is 13.0 Å². The molecule has 0 unspecified atom stereocenters. The van der Waals surface area contributed by atoms with E-state index in [1.54, 1.807) is 0 Å². The third kappa shape index (κ3) is 3.25. The molecule has 2 aromatic rings. The van der Waals surface area contributed by atoms with Gasteiger partial charge in [0, 0.05) is 17.8 Å². The summed E-state index contributed by atoms with van der Waals surface area (Å²) in [5, 5.41) is 6.10. The van der Waals surface area contributed by atoms with Gasteiger partial charge in [0.15, 0.2) is 0 Å². The Morgan fingerprint density at radius 1 is 1.10 bits per heavy atom. The molecular formula is C17H20N2O. The summed E-state index contributed by atoms with van der Waals surface area (Å²) in [5.41, 5.74) is 4.80. The number of carbonyl (C=O) groups is 1. The van der Waals surface area contributed by atoms with Gasteiger partial charge >= 0.3 is 0 Å². The molecular weight excluding hydrogens is 248 g/mol. The quantitative estimate of drug-likeness (QED) is 0.893. The molecule has 2 aromatic carbocycles. The van der Waals surface area contributed by atoms with Crippen molar-refractivity contribution >= 4 is 11.6 Å². The lowest BCUT2D eigenvalue weighted by atomic mass is 10.0. The van der Waals surface area contributed by atoms with Gasteiger partial charge < -0.3 is 10.6 Å². The van der Waals surface area contributed by atoms with Gasteiger partial charge in [0.25, 0.3) is 5.91 Å². The SMILES string of the molecule is CNCc1ccccc1NC(=O)c1ccc(C)cc1C. The first kappa shape index (κ1) is 14.3. The number of hydrogen-bond acceptors (Lipinski definition) is 2. The minimum Gasteiger partial charge on any atom is -0.322 e. The molecule has 0 saturated heterocycles. The number of rotatable bonds is 4. The lowest BCUT2D eigenvalue weighted by Crippen LogP contribution is -2.16. The van der Waals surface area contributed by atoms with E-state index in [1.807, 2.05) is 63.4 Å². The fourth-order valence-electron chi connectivity index (χ4n) is 2.24. The second-order valence-corrected chi connectivity index (χ2v) is 4.96. The Morgan fingerprint density at radius 3 is 2.55 bits per heavy atom. The van der Waals surface area contributed by atoms with Gasteiger partial charge in [0.05, 0.1) is 0 Å². The smallest absolute Gasteiger partial charge is 0.255 e. The first-order valence-corrected chi connectivity index (χ1v) is 6.73. The van der Waals surface area contributed by atoms with Crippen LogP contribution in [0.5, 0.6) is 0 Å². The largest absolute Gasteiger partial charge is 0.322 e. The van der Waals surface area contributed by atoms with E-state index in [4.69, 9.17) is 0 Å². The maximum atomic E-state index is 12.4. The number of benzene rings is 2. The van der Waals surface area contributed by atoms with E-state index in [1.165, 1.54) is 0 Å². The summed E-state index contributed by atoms with van der Waals surface area (Å²) in [4.78, 5) is 12.4. The number of amides is 1. The van der Waals surface area contributed by atoms with Crippen molar-refractivity contribution in [2.75, 3.05) is 12.4 Å². The molecule has 0 atom stereocenters. The molecule has 0 saturated carbocycles. The van der Waals surface area contributed by atoms with E-state index >= 15 is 0 Å². The van der Waals surface area contributed by atoms with Gasteiger partial charge in [0.1, 0.15) is 0 Å². The molecule has 0 bridgehead atoms. The number of carbonyl (C=O) groups excluding carboxylic acids is 1. The maximum Gasteiger partial charge on any atom is 0.255 e. The summed E-state index contributed by atoms with van der Waals surface area (Å²) >= 11 is 0. The van der Waals surface area contributed by atoms with Crippen molar-refractivity contribution in [1.29, 1.82) is 0 Å². The van der Waals surface area contributed by atoms with Crippen molar-refractivity contribution in [2.24, 2.45) is 0 Å². The molecule has 0 aliphatic heterocycles. The van der Waals surface area contributed by atoms with Gasteiger partial charge in [-0.15, -0.1) is 0 Å². The van der Waals surface area contributed by atoms with Gasteiger partial charge in [-0.2, -0.15) is 0 Å². The van der Waals surface area contributed by atoms with Crippen LogP contribution in [-0.2, 0) is 6.54 Å². The third-order valence-electron chi connectivity index (χ3n) is 3.26. The van der Waals surface area contributed by atoms with E-state index in [0.29, 0.717) is 0 Å². The van der Waals surface area contributed by atoms with Crippen LogP contribution >= 0.6 is 0 Å². The van der Waals surface area contributed by atoms with Crippen LogP contribution in [0, 0.1) is 13.8 Å². The predicted molar refractivity (Wildman–Crippen MR) is 83.1 cm³/mol. The Labute approximate surface area is 120 Å². The van der Waals surface area contributed by atoms with Gasteiger partial charge in [-0.1, -0.05) is 35.9 Å². The van der Waals surface area contributed by atoms with Crippen LogP contribution in [0.2, 0.25) is 0 Å². The minimum atomic E-state index is -0.0638. The average molecular weight is 268 g/mol. The summed E-state index contributed by atoms with van der Waals surface area (Å²) in [6.07, 6.45) is 0. The number of hydrogen-bond donors (Lipinski definition) is 2. The molecule has 2 rings (SSSR count). The predicted octanol–water partition coefficient (Wildman–Crippen LogP) is 3.28. The van der Waals surface area contributed by atoms with E-state index < -0.39 is 0 Å². The van der Waals surface area contributed by atoms with E-state index in [-0.39, 0.29) is 5.91 Å². The Kier molecular flexibility index (Phi) is 4.53. The van der Waals surface area contributed by atoms with Gasteiger partial charge in [-0.3, -0.25) is 4.79 Å². The highest BCUT2D eigenvalue weighted by molar-refractivity contribution is 6.05. The van der Waals surface area contributed by atoms with Crippen LogP contribution < -0.4 is 10.6 Å². The van der Waals surface area contributed by atoms with Crippen LogP contribution in [0.25, 0.3) is 0 Å². The van der Waals surface area contributed by atoms with Crippen LogP contribution in [0.15, 0.2) is 42.5 Å². The highest BCUT2D eigenvalue weighted by Crippen LogP contribution is 2.17. The van der Waals surface area contributed by atoms with Crippen molar-refractivity contribution in [3.05, 3.63) is 64.7 Å². The molecule has 0 aromatic heterocycles. The van der Waals surface area contributed by atoms with Gasteiger partial charge in [-0.25, -0.2) is 0 Å². The Morgan fingerprint density at radius 2 is 1.85 bits per heavy atom. The summed E-state index contributed by atoms with van der Waals surface area (Å²) in [6.45, 7) is 4.71. The molecule has 0 aliphatic rings. The van der Waals surface area contributed by atoms with E-state index in [9.17, 15) is 4.79 Å². The molecule has 0 aliphatic carbocycles. The molecule has 1 amide bonds. The summed E-state index contributed by atoms with van der Waals surface area (Å²) < 4.78 is 0.